The summed E-state index contributed by atoms with van der Waals surface area (Å²) in [5.41, 5.74) is 0.433. The van der Waals surface area contributed by atoms with Gasteiger partial charge in [-0.15, -0.1) is 0 Å². The Hall–Kier alpha value is -2.74. The number of hydrogen-bond donors (Lipinski definition) is 2. The molecule has 1 aliphatic rings. The van der Waals surface area contributed by atoms with Gasteiger partial charge in [-0.1, -0.05) is 29.5 Å². The Morgan fingerprint density at radius 1 is 1.29 bits per heavy atom. The van der Waals surface area contributed by atoms with Crippen LogP contribution in [0.15, 0.2) is 30.3 Å². The number of carbonyl (C=O) groups is 3. The van der Waals surface area contributed by atoms with Crippen molar-refractivity contribution >= 4 is 34.1 Å². The number of nitrogens with one attached hydrogen (secondary N) is 1. The Bertz CT molecular complexity index is 787. The average Bonchev–Trinajstić information content (AvgIpc) is 2.97. The van der Waals surface area contributed by atoms with Crippen LogP contribution in [0.2, 0.25) is 0 Å². The third kappa shape index (κ3) is 3.60. The summed E-state index contributed by atoms with van der Waals surface area (Å²) >= 11 is 1.07. The number of carboxylic acid groups (broad SMARTS) is 1. The summed E-state index contributed by atoms with van der Waals surface area (Å²) in [5.74, 6) is -1.83. The Morgan fingerprint density at radius 2 is 2.04 bits per heavy atom. The lowest BCUT2D eigenvalue weighted by Gasteiger charge is -2.15. The minimum atomic E-state index is -1.01. The molecule has 7 nitrogen and oxygen atoms in total. The number of fused-ring (bicyclic) bond motifs is 1. The first-order chi connectivity index (χ1) is 11.5. The summed E-state index contributed by atoms with van der Waals surface area (Å²) in [7, 11) is 0. The molecule has 0 spiro atoms. The number of aliphatic carboxylic acids is 1. The maximum absolute atomic E-state index is 12.0. The number of aromatic nitrogens is 1. The van der Waals surface area contributed by atoms with Crippen molar-refractivity contribution in [3.63, 3.8) is 0 Å². The number of ether oxygens (including phenoxy) is 1. The molecule has 1 heterocycles. The summed E-state index contributed by atoms with van der Waals surface area (Å²) in [4.78, 5) is 39.5. The number of hydrogen-bond acceptors (Lipinski definition) is 6. The second-order valence-corrected chi connectivity index (χ2v) is 6.31. The Labute approximate surface area is 141 Å². The van der Waals surface area contributed by atoms with Gasteiger partial charge in [-0.3, -0.25) is 19.7 Å². The van der Waals surface area contributed by atoms with E-state index in [0.717, 1.165) is 11.3 Å². The van der Waals surface area contributed by atoms with Crippen LogP contribution in [-0.2, 0) is 16.0 Å². The van der Waals surface area contributed by atoms with E-state index in [2.05, 4.69) is 10.3 Å². The zero-order chi connectivity index (χ0) is 17.1. The first kappa shape index (κ1) is 16.1. The van der Waals surface area contributed by atoms with E-state index < -0.39 is 17.8 Å². The summed E-state index contributed by atoms with van der Waals surface area (Å²) in [5, 5.41) is 11.9. The number of ketones is 1. The lowest BCUT2D eigenvalue weighted by molar-refractivity contribution is -0.141. The van der Waals surface area contributed by atoms with E-state index in [-0.39, 0.29) is 30.4 Å². The van der Waals surface area contributed by atoms with Crippen molar-refractivity contribution in [2.45, 2.75) is 12.8 Å². The Balaban J connectivity index is 1.62. The zero-order valence-corrected chi connectivity index (χ0v) is 13.3. The number of nitrogens with zero attached hydrogens (tertiary/aromatic N) is 1. The van der Waals surface area contributed by atoms with Crippen LogP contribution < -0.4 is 10.1 Å². The van der Waals surface area contributed by atoms with Crippen molar-refractivity contribution in [1.29, 1.82) is 0 Å². The number of carbonyl (C=O) groups excluding carboxylic acids is 2. The predicted octanol–water partition coefficient (Wildman–Crippen LogP) is 1.99. The molecule has 1 aliphatic carbocycles. The number of anilines is 1. The maximum Gasteiger partial charge on any atom is 0.307 e. The molecule has 124 valence electrons. The van der Waals surface area contributed by atoms with E-state index >= 15 is 0 Å². The fraction of sp³-hybridized carbons (Fsp3) is 0.250. The monoisotopic (exact) mass is 346 g/mol. The van der Waals surface area contributed by atoms with Crippen molar-refractivity contribution < 1.29 is 24.2 Å². The van der Waals surface area contributed by atoms with Gasteiger partial charge >= 0.3 is 5.97 Å². The molecule has 2 aromatic rings. The molecule has 0 radical (unpaired) electrons. The highest BCUT2D eigenvalue weighted by atomic mass is 32.1. The van der Waals surface area contributed by atoms with Gasteiger partial charge < -0.3 is 9.84 Å². The molecule has 1 unspecified atom stereocenters. The lowest BCUT2D eigenvalue weighted by atomic mass is 9.90. The third-order valence-electron chi connectivity index (χ3n) is 3.53. The number of benzene rings is 1. The normalized spacial score (nSPS) is 16.3. The fourth-order valence-electron chi connectivity index (χ4n) is 2.38. The standard InChI is InChI=1S/C16H14N2O5S/c19-12-7-9(15(21)22)6-11-14(12)24-16(17-11)18-13(20)8-23-10-4-2-1-3-5-10/h1-5,9H,6-8H2,(H,21,22)(H,17,18,20). The first-order valence-corrected chi connectivity index (χ1v) is 8.08. The molecule has 0 bridgehead atoms. The first-order valence-electron chi connectivity index (χ1n) is 7.26. The Kier molecular flexibility index (Phi) is 4.57. The van der Waals surface area contributed by atoms with E-state index in [1.54, 1.807) is 24.3 Å². The van der Waals surface area contributed by atoms with Crippen LogP contribution in [0.3, 0.4) is 0 Å². The van der Waals surface area contributed by atoms with Crippen LogP contribution in [0.25, 0.3) is 0 Å². The molecular weight excluding hydrogens is 332 g/mol. The van der Waals surface area contributed by atoms with Crippen molar-refractivity contribution in [2.75, 3.05) is 11.9 Å². The second kappa shape index (κ2) is 6.79. The van der Waals surface area contributed by atoms with Crippen LogP contribution in [0.1, 0.15) is 21.8 Å². The van der Waals surface area contributed by atoms with Crippen molar-refractivity contribution in [3.8, 4) is 5.75 Å². The van der Waals surface area contributed by atoms with Gasteiger partial charge in [-0.25, -0.2) is 4.98 Å². The molecule has 0 aliphatic heterocycles. The predicted molar refractivity (Wildman–Crippen MR) is 86.5 cm³/mol. The summed E-state index contributed by atoms with van der Waals surface area (Å²) in [6, 6.07) is 8.91. The number of para-hydroxylation sites is 1. The van der Waals surface area contributed by atoms with Gasteiger partial charge in [0.25, 0.3) is 5.91 Å². The molecule has 0 saturated heterocycles. The summed E-state index contributed by atoms with van der Waals surface area (Å²) < 4.78 is 5.33. The van der Waals surface area contributed by atoms with Gasteiger partial charge in [0.1, 0.15) is 5.75 Å². The SMILES string of the molecule is O=C(COc1ccccc1)Nc1nc2c(s1)C(=O)CC(C(=O)O)C2. The smallest absolute Gasteiger partial charge is 0.307 e. The highest BCUT2D eigenvalue weighted by Crippen LogP contribution is 2.32. The molecule has 0 fully saturated rings. The molecular formula is C16H14N2O5S. The topological polar surface area (TPSA) is 106 Å². The van der Waals surface area contributed by atoms with Crippen molar-refractivity contribution in [3.05, 3.63) is 40.9 Å². The minimum absolute atomic E-state index is 0.0327. The van der Waals surface area contributed by atoms with Crippen LogP contribution in [0.5, 0.6) is 5.75 Å². The molecule has 1 aromatic carbocycles. The number of amides is 1. The minimum Gasteiger partial charge on any atom is -0.484 e. The molecule has 1 amide bonds. The molecule has 1 aromatic heterocycles. The third-order valence-corrected chi connectivity index (χ3v) is 4.58. The highest BCUT2D eigenvalue weighted by Gasteiger charge is 2.33. The number of Topliss-reactive ketones (excluding diaryl/α,β-unsaturated/α-hetero) is 1. The van der Waals surface area contributed by atoms with E-state index in [4.69, 9.17) is 9.84 Å². The van der Waals surface area contributed by atoms with Crippen LogP contribution >= 0.6 is 11.3 Å². The molecule has 8 heteroatoms. The molecule has 24 heavy (non-hydrogen) atoms. The second-order valence-electron chi connectivity index (χ2n) is 5.31. The van der Waals surface area contributed by atoms with E-state index in [9.17, 15) is 14.4 Å². The largest absolute Gasteiger partial charge is 0.484 e. The zero-order valence-electron chi connectivity index (χ0n) is 12.5. The van der Waals surface area contributed by atoms with E-state index in [1.807, 2.05) is 6.07 Å². The van der Waals surface area contributed by atoms with Gasteiger partial charge in [0, 0.05) is 12.8 Å². The van der Waals surface area contributed by atoms with Gasteiger partial charge in [-0.05, 0) is 12.1 Å². The lowest BCUT2D eigenvalue weighted by Crippen LogP contribution is -2.25. The van der Waals surface area contributed by atoms with Crippen LogP contribution in [0.4, 0.5) is 5.13 Å². The maximum atomic E-state index is 12.0. The molecule has 3 rings (SSSR count). The van der Waals surface area contributed by atoms with Crippen LogP contribution in [0, 0.1) is 5.92 Å². The van der Waals surface area contributed by atoms with Gasteiger partial charge in [0.05, 0.1) is 16.5 Å². The van der Waals surface area contributed by atoms with Crippen molar-refractivity contribution in [1.82, 2.24) is 4.98 Å². The van der Waals surface area contributed by atoms with Gasteiger partial charge in [0.2, 0.25) is 0 Å². The number of thiazole rings is 1. The Morgan fingerprint density at radius 3 is 2.75 bits per heavy atom. The van der Waals surface area contributed by atoms with Crippen LogP contribution in [-0.4, -0.2) is 34.4 Å². The highest BCUT2D eigenvalue weighted by molar-refractivity contribution is 7.17. The van der Waals surface area contributed by atoms with Crippen molar-refractivity contribution in [2.24, 2.45) is 5.92 Å². The van der Waals surface area contributed by atoms with Gasteiger partial charge in [0.15, 0.2) is 17.5 Å². The average molecular weight is 346 g/mol. The molecule has 1 atom stereocenters. The van der Waals surface area contributed by atoms with E-state index in [1.165, 1.54) is 0 Å². The number of rotatable bonds is 5. The molecule has 0 saturated carbocycles. The van der Waals surface area contributed by atoms with E-state index in [0.29, 0.717) is 16.3 Å². The fourth-order valence-corrected chi connectivity index (χ4v) is 3.34. The quantitative estimate of drug-likeness (QED) is 0.858. The van der Waals surface area contributed by atoms with Gasteiger partial charge in [-0.2, -0.15) is 0 Å². The number of carboxylic acids is 1. The molecule has 2 N–H and O–H groups in total. The summed E-state index contributed by atoms with van der Waals surface area (Å²) in [6.07, 6.45) is 0.165. The summed E-state index contributed by atoms with van der Waals surface area (Å²) in [6.45, 7) is -0.181.